The van der Waals surface area contributed by atoms with Gasteiger partial charge in [0.15, 0.2) is 23.2 Å². The van der Waals surface area contributed by atoms with Crippen molar-refractivity contribution in [3.63, 3.8) is 0 Å². The molecule has 174 valence electrons. The van der Waals surface area contributed by atoms with E-state index in [4.69, 9.17) is 25.8 Å². The summed E-state index contributed by atoms with van der Waals surface area (Å²) in [5.74, 6) is 1.11. The van der Waals surface area contributed by atoms with Crippen molar-refractivity contribution in [2.24, 2.45) is 11.6 Å². The first-order valence-electron chi connectivity index (χ1n) is 9.97. The molecule has 3 rings (SSSR count). The largest absolute Gasteiger partial charge is 0.397 e. The Kier molecular flexibility index (Phi) is 7.43. The number of rotatable bonds is 7. The molecular formula is C20H27F4N3O4. The van der Waals surface area contributed by atoms with Gasteiger partial charge < -0.3 is 25.0 Å². The van der Waals surface area contributed by atoms with Crippen molar-refractivity contribution in [1.29, 1.82) is 0 Å². The summed E-state index contributed by atoms with van der Waals surface area (Å²) in [6, 6.07) is 1.16. The zero-order valence-corrected chi connectivity index (χ0v) is 17.3. The van der Waals surface area contributed by atoms with Crippen LogP contribution in [-0.4, -0.2) is 48.4 Å². The van der Waals surface area contributed by atoms with Gasteiger partial charge in [-0.05, 0) is 49.8 Å². The second-order valence-corrected chi connectivity index (χ2v) is 8.13. The zero-order valence-electron chi connectivity index (χ0n) is 17.3. The summed E-state index contributed by atoms with van der Waals surface area (Å²) in [7, 11) is 0. The Balaban J connectivity index is 1.82. The fourth-order valence-corrected chi connectivity index (χ4v) is 3.86. The van der Waals surface area contributed by atoms with E-state index in [1.165, 1.54) is 11.2 Å². The van der Waals surface area contributed by atoms with Crippen molar-refractivity contribution >= 4 is 5.70 Å². The van der Waals surface area contributed by atoms with Crippen LogP contribution in [0.1, 0.15) is 38.7 Å². The summed E-state index contributed by atoms with van der Waals surface area (Å²) in [5.41, 5.74) is 5.86. The molecule has 2 aliphatic rings. The van der Waals surface area contributed by atoms with Gasteiger partial charge in [0.25, 0.3) is 0 Å². The summed E-state index contributed by atoms with van der Waals surface area (Å²) in [5, 5.41) is 1.30. The highest BCUT2D eigenvalue weighted by Gasteiger charge is 2.47. The van der Waals surface area contributed by atoms with Crippen molar-refractivity contribution in [2.75, 3.05) is 13.2 Å². The van der Waals surface area contributed by atoms with Crippen LogP contribution in [-0.2, 0) is 19.2 Å². The van der Waals surface area contributed by atoms with E-state index in [1.54, 1.807) is 13.8 Å². The van der Waals surface area contributed by atoms with Crippen LogP contribution in [0.4, 0.5) is 17.7 Å². The fraction of sp³-hybridized carbons (Fsp3) is 0.600. The fourth-order valence-electron chi connectivity index (χ4n) is 3.86. The predicted molar refractivity (Wildman–Crippen MR) is 103 cm³/mol. The van der Waals surface area contributed by atoms with Gasteiger partial charge in [-0.15, -0.1) is 0 Å². The maximum absolute atomic E-state index is 13.6. The number of benzene rings is 1. The molecular weight excluding hydrogens is 422 g/mol. The summed E-state index contributed by atoms with van der Waals surface area (Å²) in [6.07, 6.45) is 1.53. The highest BCUT2D eigenvalue weighted by Crippen LogP contribution is 2.35. The maximum Gasteiger partial charge on any atom is 0.194 e. The third-order valence-electron chi connectivity index (χ3n) is 5.37. The Hall–Kier alpha value is -1.92. The van der Waals surface area contributed by atoms with E-state index in [1.807, 2.05) is 0 Å². The normalized spacial score (nSPS) is 28.3. The molecule has 4 atom stereocenters. The molecule has 0 aliphatic carbocycles. The topological polar surface area (TPSA) is 92.2 Å². The van der Waals surface area contributed by atoms with Crippen molar-refractivity contribution in [2.45, 2.75) is 63.3 Å². The first-order valence-corrected chi connectivity index (χ1v) is 9.97. The maximum atomic E-state index is 13.6. The van der Waals surface area contributed by atoms with Crippen LogP contribution >= 0.6 is 0 Å². The number of halogens is 4. The van der Waals surface area contributed by atoms with Crippen molar-refractivity contribution in [3.8, 4) is 0 Å². The minimum absolute atomic E-state index is 0.0553. The lowest BCUT2D eigenvalue weighted by molar-refractivity contribution is -0.337. The quantitative estimate of drug-likeness (QED) is 0.217. The van der Waals surface area contributed by atoms with Crippen LogP contribution in [0.15, 0.2) is 18.3 Å². The summed E-state index contributed by atoms with van der Waals surface area (Å²) >= 11 is 0. The van der Waals surface area contributed by atoms with Crippen LogP contribution in [0.3, 0.4) is 0 Å². The van der Waals surface area contributed by atoms with Crippen molar-refractivity contribution in [1.82, 2.24) is 5.01 Å². The Morgan fingerprint density at radius 3 is 2.61 bits per heavy atom. The summed E-state index contributed by atoms with van der Waals surface area (Å²) in [4.78, 5) is 3.62. The van der Waals surface area contributed by atoms with E-state index < -0.39 is 41.5 Å². The molecule has 2 aliphatic heterocycles. The monoisotopic (exact) mass is 449 g/mol. The highest BCUT2D eigenvalue weighted by molar-refractivity contribution is 5.62. The third kappa shape index (κ3) is 5.66. The van der Waals surface area contributed by atoms with E-state index in [2.05, 4.69) is 4.94 Å². The molecule has 4 N–H and O–H groups in total. The van der Waals surface area contributed by atoms with E-state index in [-0.39, 0.29) is 30.6 Å². The first kappa shape index (κ1) is 23.7. The Morgan fingerprint density at radius 1 is 1.29 bits per heavy atom. The summed E-state index contributed by atoms with van der Waals surface area (Å²) < 4.78 is 70.1. The lowest BCUT2D eigenvalue weighted by Crippen LogP contribution is -2.63. The van der Waals surface area contributed by atoms with Gasteiger partial charge in [-0.1, -0.05) is 0 Å². The Labute approximate surface area is 177 Å². The van der Waals surface area contributed by atoms with Gasteiger partial charge in [0.1, 0.15) is 12.2 Å². The van der Waals surface area contributed by atoms with Gasteiger partial charge >= 0.3 is 0 Å². The number of ether oxygens (including phenoxy) is 3. The lowest BCUT2D eigenvalue weighted by Gasteiger charge is -2.50. The van der Waals surface area contributed by atoms with Crippen molar-refractivity contribution < 1.29 is 36.8 Å². The SMILES string of the molecule is CC1(C)OCC2OC(CCCOF)CC(N(N)/C=C(\N)c3cc(F)c(F)c(F)c3)C2O1. The van der Waals surface area contributed by atoms with Crippen LogP contribution < -0.4 is 11.6 Å². The molecule has 0 aromatic heterocycles. The van der Waals surface area contributed by atoms with Crippen LogP contribution in [0, 0.1) is 17.5 Å². The van der Waals surface area contributed by atoms with Crippen molar-refractivity contribution in [3.05, 3.63) is 41.3 Å². The minimum atomic E-state index is -1.58. The smallest absolute Gasteiger partial charge is 0.194 e. The third-order valence-corrected chi connectivity index (χ3v) is 5.37. The molecule has 0 bridgehead atoms. The number of fused-ring (bicyclic) bond motifs is 1. The van der Waals surface area contributed by atoms with Crippen LogP contribution in [0.25, 0.3) is 5.70 Å². The van der Waals surface area contributed by atoms with Gasteiger partial charge in [-0.3, -0.25) is 0 Å². The molecule has 2 fully saturated rings. The summed E-state index contributed by atoms with van der Waals surface area (Å²) in [6.45, 7) is 3.74. The molecule has 0 saturated carbocycles. The lowest BCUT2D eigenvalue weighted by atomic mass is 9.91. The standard InChI is InChI=1S/C20H27F4N3O4/c1-20(2)28-10-17-19(31-20)16(8-12(30-17)4-3-5-29-24)27(26)9-15(25)11-6-13(21)18(23)14(22)7-11/h6-7,9,12,16-17,19H,3-5,8,10,25-26H2,1-2H3/b15-9-. The van der Waals surface area contributed by atoms with E-state index in [9.17, 15) is 17.7 Å². The molecule has 1 aromatic rings. The number of nitrogens with two attached hydrogens (primary N) is 2. The average molecular weight is 449 g/mol. The number of hydrogen-bond donors (Lipinski definition) is 2. The van der Waals surface area contributed by atoms with Crippen LogP contribution in [0.5, 0.6) is 0 Å². The molecule has 11 heteroatoms. The molecule has 0 amide bonds. The minimum Gasteiger partial charge on any atom is -0.397 e. The molecule has 2 saturated heterocycles. The first-order chi connectivity index (χ1) is 14.6. The number of hydrazine groups is 1. The van der Waals surface area contributed by atoms with E-state index in [0.29, 0.717) is 19.3 Å². The van der Waals surface area contributed by atoms with E-state index in [0.717, 1.165) is 12.1 Å². The highest BCUT2D eigenvalue weighted by atomic mass is 19.3. The van der Waals surface area contributed by atoms with E-state index >= 15 is 0 Å². The second-order valence-electron chi connectivity index (χ2n) is 8.13. The average Bonchev–Trinajstić information content (AvgIpc) is 2.70. The van der Waals surface area contributed by atoms with Gasteiger partial charge in [0.05, 0.1) is 31.1 Å². The number of nitrogens with zero attached hydrogens (tertiary/aromatic N) is 1. The zero-order chi connectivity index (χ0) is 22.8. The van der Waals surface area contributed by atoms with Crippen LogP contribution in [0.2, 0.25) is 0 Å². The molecule has 2 heterocycles. The Morgan fingerprint density at radius 2 is 1.97 bits per heavy atom. The van der Waals surface area contributed by atoms with Gasteiger partial charge in [0, 0.05) is 11.8 Å². The molecule has 31 heavy (non-hydrogen) atoms. The molecule has 0 radical (unpaired) electrons. The predicted octanol–water partition coefficient (Wildman–Crippen LogP) is 2.90. The number of hydrogen-bond acceptors (Lipinski definition) is 7. The molecule has 0 spiro atoms. The Bertz CT molecular complexity index is 788. The molecule has 7 nitrogen and oxygen atoms in total. The van der Waals surface area contributed by atoms with Gasteiger partial charge in [0.2, 0.25) is 0 Å². The molecule has 4 unspecified atom stereocenters. The van der Waals surface area contributed by atoms with Gasteiger partial charge in [-0.2, -0.15) is 4.94 Å². The molecule has 1 aromatic carbocycles. The van der Waals surface area contributed by atoms with Gasteiger partial charge in [-0.25, -0.2) is 19.0 Å². The second kappa shape index (κ2) is 9.70.